The number of halogens is 2. The Balaban J connectivity index is 0.00000338. The molecule has 4 heteroatoms. The first-order valence-corrected chi connectivity index (χ1v) is 10.2. The number of ether oxygens (including phenoxy) is 1. The normalized spacial score (nSPS) is 23.5. The molecule has 0 aromatic heterocycles. The SMILES string of the molecule is COC1(C(C)(C)C2=[C]([Ti+2])CC=C2)CC=C(C(C)(C)C)C=C1C(C)(C)C.[Cl-].[Cl-]. The van der Waals surface area contributed by atoms with Crippen LogP contribution in [0.15, 0.2) is 44.9 Å². The van der Waals surface area contributed by atoms with Gasteiger partial charge in [0.2, 0.25) is 0 Å². The monoisotopic (exact) mass is 445 g/mol. The summed E-state index contributed by atoms with van der Waals surface area (Å²) in [5.41, 5.74) is 4.09. The Hall–Kier alpha value is 0.214. The van der Waals surface area contributed by atoms with Gasteiger partial charge in [-0.2, -0.15) is 0 Å². The predicted octanol–water partition coefficient (Wildman–Crippen LogP) is 0.515. The largest absolute Gasteiger partial charge is 1.00 e. The molecule has 0 bridgehead atoms. The van der Waals surface area contributed by atoms with Crippen molar-refractivity contribution < 1.29 is 50.0 Å². The fraction of sp³-hybridized carbons (Fsp3) is 0.652. The molecule has 2 rings (SSSR count). The number of hydrogen-bond acceptors (Lipinski definition) is 1. The van der Waals surface area contributed by atoms with Crippen LogP contribution in [0.3, 0.4) is 0 Å². The van der Waals surface area contributed by atoms with Crippen LogP contribution in [0.1, 0.15) is 68.2 Å². The van der Waals surface area contributed by atoms with Gasteiger partial charge >= 0.3 is 167 Å². The van der Waals surface area contributed by atoms with E-state index in [4.69, 9.17) is 4.74 Å². The zero-order valence-corrected chi connectivity index (χ0v) is 21.5. The molecule has 0 amide bonds. The summed E-state index contributed by atoms with van der Waals surface area (Å²) < 4.78 is 7.90. The number of rotatable bonds is 3. The second-order valence-electron chi connectivity index (χ2n) is 10.1. The minimum Gasteiger partial charge on any atom is -1.00 e. The molecule has 1 nitrogen and oxygen atoms in total. The summed E-state index contributed by atoms with van der Waals surface area (Å²) in [7, 11) is 1.89. The Morgan fingerprint density at radius 3 is 1.89 bits per heavy atom. The van der Waals surface area contributed by atoms with Crippen LogP contribution in [0.5, 0.6) is 0 Å². The van der Waals surface area contributed by atoms with Crippen molar-refractivity contribution in [1.29, 1.82) is 0 Å². The Kier molecular flexibility index (Phi) is 9.00. The maximum atomic E-state index is 6.42. The summed E-state index contributed by atoms with van der Waals surface area (Å²) in [6, 6.07) is 0. The molecule has 0 N–H and O–H groups in total. The van der Waals surface area contributed by atoms with Gasteiger partial charge in [-0.25, -0.2) is 0 Å². The van der Waals surface area contributed by atoms with Crippen LogP contribution in [0.25, 0.3) is 0 Å². The molecule has 0 saturated heterocycles. The summed E-state index contributed by atoms with van der Waals surface area (Å²) in [5, 5.41) is 0. The average Bonchev–Trinajstić information content (AvgIpc) is 2.91. The van der Waals surface area contributed by atoms with Crippen LogP contribution in [-0.2, 0) is 25.2 Å². The summed E-state index contributed by atoms with van der Waals surface area (Å²) in [4.78, 5) is 0. The van der Waals surface area contributed by atoms with Crippen molar-refractivity contribution in [2.45, 2.75) is 73.8 Å². The zero-order valence-electron chi connectivity index (χ0n) is 18.4. The van der Waals surface area contributed by atoms with E-state index < -0.39 is 0 Å². The first kappa shape index (κ1) is 27.2. The third kappa shape index (κ3) is 4.86. The zero-order chi connectivity index (χ0) is 19.3. The van der Waals surface area contributed by atoms with Crippen molar-refractivity contribution in [1.82, 2.24) is 0 Å². The molecular weight excluding hydrogens is 411 g/mol. The molecule has 0 fully saturated rings. The Morgan fingerprint density at radius 1 is 0.963 bits per heavy atom. The smallest absolute Gasteiger partial charge is 1.00 e. The second kappa shape index (κ2) is 8.92. The van der Waals surface area contributed by atoms with Crippen molar-refractivity contribution in [3.63, 3.8) is 0 Å². The second-order valence-corrected chi connectivity index (χ2v) is 11.0. The van der Waals surface area contributed by atoms with Gasteiger partial charge in [-0.05, 0) is 0 Å². The third-order valence-corrected chi connectivity index (χ3v) is 6.72. The van der Waals surface area contributed by atoms with E-state index in [9.17, 15) is 0 Å². The average molecular weight is 446 g/mol. The van der Waals surface area contributed by atoms with E-state index in [2.05, 4.69) is 100 Å². The van der Waals surface area contributed by atoms with Crippen LogP contribution in [0.2, 0.25) is 0 Å². The molecular formula is C23H35Cl2OTi. The maximum absolute atomic E-state index is 6.42. The van der Waals surface area contributed by atoms with Crippen LogP contribution >= 0.6 is 0 Å². The van der Waals surface area contributed by atoms with Gasteiger partial charge in [0.05, 0.1) is 0 Å². The van der Waals surface area contributed by atoms with E-state index in [0.29, 0.717) is 0 Å². The number of allylic oxidation sites excluding steroid dienone is 5. The molecule has 0 radical (unpaired) electrons. The molecule has 0 aliphatic heterocycles. The molecule has 0 aromatic rings. The molecule has 27 heavy (non-hydrogen) atoms. The number of hydrogen-bond donors (Lipinski definition) is 0. The van der Waals surface area contributed by atoms with Gasteiger partial charge in [-0.3, -0.25) is 0 Å². The van der Waals surface area contributed by atoms with Crippen molar-refractivity contribution in [2.24, 2.45) is 16.2 Å². The van der Waals surface area contributed by atoms with E-state index in [-0.39, 0.29) is 46.7 Å². The first-order chi connectivity index (χ1) is 11.3. The molecule has 1 atom stereocenters. The van der Waals surface area contributed by atoms with E-state index in [1.807, 2.05) is 7.11 Å². The predicted molar refractivity (Wildman–Crippen MR) is 104 cm³/mol. The van der Waals surface area contributed by atoms with Crippen molar-refractivity contribution in [3.05, 3.63) is 44.9 Å². The molecule has 0 spiro atoms. The maximum Gasteiger partial charge on any atom is -1.00 e. The summed E-state index contributed by atoms with van der Waals surface area (Å²) in [6.45, 7) is 18.6. The van der Waals surface area contributed by atoms with Gasteiger partial charge in [-0.15, -0.1) is 0 Å². The quantitative estimate of drug-likeness (QED) is 0.575. The van der Waals surface area contributed by atoms with Gasteiger partial charge in [-0.1, -0.05) is 0 Å². The molecule has 0 heterocycles. The van der Waals surface area contributed by atoms with Gasteiger partial charge in [0.1, 0.15) is 0 Å². The van der Waals surface area contributed by atoms with Gasteiger partial charge in [0.25, 0.3) is 0 Å². The van der Waals surface area contributed by atoms with E-state index in [1.54, 1.807) is 0 Å². The van der Waals surface area contributed by atoms with Gasteiger partial charge < -0.3 is 24.8 Å². The van der Waals surface area contributed by atoms with E-state index in [1.165, 1.54) is 20.6 Å². The molecule has 0 aromatic carbocycles. The van der Waals surface area contributed by atoms with Crippen molar-refractivity contribution in [3.8, 4) is 0 Å². The van der Waals surface area contributed by atoms with Crippen molar-refractivity contribution in [2.75, 3.05) is 7.11 Å². The molecule has 1 unspecified atom stereocenters. The number of methoxy groups -OCH3 is 1. The molecule has 0 saturated carbocycles. The van der Waals surface area contributed by atoms with Crippen molar-refractivity contribution >= 4 is 0 Å². The van der Waals surface area contributed by atoms with E-state index in [0.717, 1.165) is 12.8 Å². The minimum atomic E-state index is -0.314. The molecule has 151 valence electrons. The molecule has 2 aliphatic rings. The standard InChI is InChI=1S/C23H35O.2ClH.Ti/c1-20(2,3)18-14-15-23(24-9,19(16-18)21(4,5)6)22(7,8)17-12-10-11-13-17;;;/h10,12,14,16H,11,15H2,1-9H3;2*1H;/q;;;+2/p-2. The Morgan fingerprint density at radius 2 is 1.52 bits per heavy atom. The molecule has 2 aliphatic carbocycles. The summed E-state index contributed by atoms with van der Waals surface area (Å²) >= 11 is 2.26. The van der Waals surface area contributed by atoms with Gasteiger partial charge in [0.15, 0.2) is 0 Å². The third-order valence-electron chi connectivity index (χ3n) is 5.98. The first-order valence-electron chi connectivity index (χ1n) is 9.37. The fourth-order valence-electron chi connectivity index (χ4n) is 4.39. The topological polar surface area (TPSA) is 9.23 Å². The van der Waals surface area contributed by atoms with Crippen LogP contribution < -0.4 is 24.8 Å². The summed E-state index contributed by atoms with van der Waals surface area (Å²) in [6.07, 6.45) is 11.4. The Bertz CT molecular complexity index is 669. The van der Waals surface area contributed by atoms with Crippen LogP contribution in [0.4, 0.5) is 0 Å². The van der Waals surface area contributed by atoms with E-state index >= 15 is 0 Å². The fourth-order valence-corrected chi connectivity index (χ4v) is 5.19. The minimum absolute atomic E-state index is 0. The Labute approximate surface area is 191 Å². The van der Waals surface area contributed by atoms with Crippen LogP contribution in [0, 0.1) is 16.2 Å². The van der Waals surface area contributed by atoms with Gasteiger partial charge in [0, 0.05) is 0 Å². The van der Waals surface area contributed by atoms with Crippen LogP contribution in [-0.4, -0.2) is 12.7 Å². The summed E-state index contributed by atoms with van der Waals surface area (Å²) in [5.74, 6) is 0.